The molecule has 0 aliphatic carbocycles. The Morgan fingerprint density at radius 1 is 1.22 bits per heavy atom. The molecule has 7 nitrogen and oxygen atoms in total. The van der Waals surface area contributed by atoms with Crippen LogP contribution in [0.15, 0.2) is 30.6 Å². The number of nitriles is 1. The fourth-order valence-electron chi connectivity index (χ4n) is 3.78. The summed E-state index contributed by atoms with van der Waals surface area (Å²) < 4.78 is 2.09. The lowest BCUT2D eigenvalue weighted by molar-refractivity contribution is -0.128. The number of imidazole rings is 1. The standard InChI is InChI=1S/C20H21N5O2/c21-11-15-4-1-5-16(10-15)20(27)24-8-3-9-25-14-22-17(18(25)13-24)12-23-7-2-6-19(23)26/h1,4-5,10,14H,2-3,6-9,12-13H2. The van der Waals surface area contributed by atoms with E-state index < -0.39 is 0 Å². The first-order valence-corrected chi connectivity index (χ1v) is 9.26. The van der Waals surface area contributed by atoms with E-state index in [2.05, 4.69) is 15.6 Å². The Kier molecular flexibility index (Phi) is 4.63. The van der Waals surface area contributed by atoms with Crippen molar-refractivity contribution in [1.29, 1.82) is 5.26 Å². The maximum atomic E-state index is 13.0. The van der Waals surface area contributed by atoms with Crippen molar-refractivity contribution in [3.05, 3.63) is 53.1 Å². The van der Waals surface area contributed by atoms with Gasteiger partial charge in [0.15, 0.2) is 0 Å². The summed E-state index contributed by atoms with van der Waals surface area (Å²) in [4.78, 5) is 33.1. The Bertz CT molecular complexity index is 927. The second-order valence-electron chi connectivity index (χ2n) is 7.02. The summed E-state index contributed by atoms with van der Waals surface area (Å²) in [5.41, 5.74) is 2.87. The molecule has 2 aromatic rings. The third kappa shape index (κ3) is 3.43. The van der Waals surface area contributed by atoms with E-state index in [1.54, 1.807) is 24.3 Å². The summed E-state index contributed by atoms with van der Waals surface area (Å²) in [6, 6.07) is 8.89. The van der Waals surface area contributed by atoms with Crippen LogP contribution in [0.4, 0.5) is 0 Å². The minimum absolute atomic E-state index is 0.0788. The fourth-order valence-corrected chi connectivity index (χ4v) is 3.78. The number of carbonyl (C=O) groups is 2. The van der Waals surface area contributed by atoms with Crippen LogP contribution in [0.3, 0.4) is 0 Å². The van der Waals surface area contributed by atoms with E-state index in [1.165, 1.54) is 0 Å². The Hall–Kier alpha value is -3.14. The lowest BCUT2D eigenvalue weighted by atomic mass is 10.1. The molecule has 0 saturated carbocycles. The van der Waals surface area contributed by atoms with Gasteiger partial charge in [-0.05, 0) is 31.0 Å². The van der Waals surface area contributed by atoms with Gasteiger partial charge < -0.3 is 14.4 Å². The van der Waals surface area contributed by atoms with E-state index in [9.17, 15) is 9.59 Å². The second-order valence-corrected chi connectivity index (χ2v) is 7.02. The molecule has 2 aliphatic heterocycles. The van der Waals surface area contributed by atoms with Gasteiger partial charge in [-0.2, -0.15) is 5.26 Å². The number of rotatable bonds is 3. The van der Waals surface area contributed by atoms with Crippen LogP contribution in [0.2, 0.25) is 0 Å². The van der Waals surface area contributed by atoms with E-state index in [0.29, 0.717) is 37.2 Å². The van der Waals surface area contributed by atoms with E-state index >= 15 is 0 Å². The van der Waals surface area contributed by atoms with Gasteiger partial charge in [0.1, 0.15) is 0 Å². The van der Waals surface area contributed by atoms with Crippen LogP contribution in [0.1, 0.15) is 46.6 Å². The molecule has 0 N–H and O–H groups in total. The number of likely N-dealkylation sites (tertiary alicyclic amines) is 1. The molecule has 1 fully saturated rings. The number of aryl methyl sites for hydroxylation is 1. The smallest absolute Gasteiger partial charge is 0.254 e. The fraction of sp³-hybridized carbons (Fsp3) is 0.400. The molecule has 2 amide bonds. The minimum Gasteiger partial charge on any atom is -0.337 e. The van der Waals surface area contributed by atoms with Crippen LogP contribution in [-0.2, 0) is 24.4 Å². The van der Waals surface area contributed by atoms with Gasteiger partial charge in [0.25, 0.3) is 5.91 Å². The van der Waals surface area contributed by atoms with Gasteiger partial charge in [-0.15, -0.1) is 0 Å². The van der Waals surface area contributed by atoms with Crippen molar-refractivity contribution >= 4 is 11.8 Å². The van der Waals surface area contributed by atoms with Crippen molar-refractivity contribution in [2.45, 2.75) is 38.9 Å². The number of carbonyl (C=O) groups excluding carboxylic acids is 2. The molecule has 2 aliphatic rings. The van der Waals surface area contributed by atoms with Crippen LogP contribution in [0.25, 0.3) is 0 Å². The summed E-state index contributed by atoms with van der Waals surface area (Å²) >= 11 is 0. The molecule has 1 aromatic carbocycles. The van der Waals surface area contributed by atoms with E-state index in [-0.39, 0.29) is 11.8 Å². The third-order valence-electron chi connectivity index (χ3n) is 5.24. The van der Waals surface area contributed by atoms with E-state index in [1.807, 2.05) is 16.1 Å². The second kappa shape index (κ2) is 7.23. The van der Waals surface area contributed by atoms with Gasteiger partial charge in [0.2, 0.25) is 5.91 Å². The number of benzene rings is 1. The summed E-state index contributed by atoms with van der Waals surface area (Å²) in [6.45, 7) is 3.20. The molecule has 0 atom stereocenters. The maximum absolute atomic E-state index is 13.0. The number of aromatic nitrogens is 2. The minimum atomic E-state index is -0.0788. The van der Waals surface area contributed by atoms with Crippen LogP contribution in [-0.4, -0.2) is 44.3 Å². The van der Waals surface area contributed by atoms with Crippen molar-refractivity contribution in [3.8, 4) is 6.07 Å². The zero-order valence-corrected chi connectivity index (χ0v) is 15.1. The molecule has 138 valence electrons. The Morgan fingerprint density at radius 3 is 2.89 bits per heavy atom. The SMILES string of the molecule is N#Cc1cccc(C(=O)N2CCCn3cnc(CN4CCCC4=O)c3C2)c1. The lowest BCUT2D eigenvalue weighted by Gasteiger charge is -2.22. The molecule has 1 saturated heterocycles. The number of hydrogen-bond acceptors (Lipinski definition) is 4. The van der Waals surface area contributed by atoms with Crippen LogP contribution in [0.5, 0.6) is 0 Å². The highest BCUT2D eigenvalue weighted by Gasteiger charge is 2.26. The first-order chi connectivity index (χ1) is 13.2. The van der Waals surface area contributed by atoms with E-state index in [4.69, 9.17) is 5.26 Å². The van der Waals surface area contributed by atoms with Gasteiger partial charge in [-0.1, -0.05) is 6.07 Å². The number of nitrogens with zero attached hydrogens (tertiary/aromatic N) is 5. The monoisotopic (exact) mass is 363 g/mol. The van der Waals surface area contributed by atoms with Crippen molar-refractivity contribution in [3.63, 3.8) is 0 Å². The molecule has 0 bridgehead atoms. The largest absolute Gasteiger partial charge is 0.337 e. The zero-order chi connectivity index (χ0) is 18.8. The summed E-state index contributed by atoms with van der Waals surface area (Å²) in [7, 11) is 0. The average molecular weight is 363 g/mol. The van der Waals surface area contributed by atoms with Crippen molar-refractivity contribution in [2.75, 3.05) is 13.1 Å². The molecule has 3 heterocycles. The molecular formula is C20H21N5O2. The van der Waals surface area contributed by atoms with Crippen LogP contribution < -0.4 is 0 Å². The zero-order valence-electron chi connectivity index (χ0n) is 15.1. The average Bonchev–Trinajstić information content (AvgIpc) is 3.20. The van der Waals surface area contributed by atoms with Gasteiger partial charge in [0, 0.05) is 31.6 Å². The molecule has 1 aromatic heterocycles. The highest BCUT2D eigenvalue weighted by Crippen LogP contribution is 2.21. The number of amides is 2. The number of hydrogen-bond donors (Lipinski definition) is 0. The molecule has 4 rings (SSSR count). The third-order valence-corrected chi connectivity index (χ3v) is 5.24. The predicted molar refractivity (Wildman–Crippen MR) is 97.4 cm³/mol. The predicted octanol–water partition coefficient (Wildman–Crippen LogP) is 1.92. The Labute approximate surface area is 157 Å². The first kappa shape index (κ1) is 17.3. The highest BCUT2D eigenvalue weighted by atomic mass is 16.2. The van der Waals surface area contributed by atoms with Crippen LogP contribution in [0, 0.1) is 11.3 Å². The van der Waals surface area contributed by atoms with Crippen molar-refractivity contribution in [1.82, 2.24) is 19.4 Å². The Morgan fingerprint density at radius 2 is 2.11 bits per heavy atom. The normalized spacial score (nSPS) is 16.8. The lowest BCUT2D eigenvalue weighted by Crippen LogP contribution is -2.31. The summed E-state index contributed by atoms with van der Waals surface area (Å²) in [6.07, 6.45) is 4.16. The van der Waals surface area contributed by atoms with Crippen molar-refractivity contribution < 1.29 is 9.59 Å². The first-order valence-electron chi connectivity index (χ1n) is 9.26. The molecule has 0 radical (unpaired) electrons. The van der Waals surface area contributed by atoms with Gasteiger partial charge in [0.05, 0.1) is 42.4 Å². The van der Waals surface area contributed by atoms with E-state index in [0.717, 1.165) is 37.3 Å². The summed E-state index contributed by atoms with van der Waals surface area (Å²) in [5, 5.41) is 9.08. The van der Waals surface area contributed by atoms with Gasteiger partial charge in [-0.3, -0.25) is 9.59 Å². The highest BCUT2D eigenvalue weighted by molar-refractivity contribution is 5.94. The maximum Gasteiger partial charge on any atom is 0.254 e. The van der Waals surface area contributed by atoms with Crippen LogP contribution >= 0.6 is 0 Å². The van der Waals surface area contributed by atoms with Crippen molar-refractivity contribution in [2.24, 2.45) is 0 Å². The molecule has 7 heteroatoms. The van der Waals surface area contributed by atoms with Gasteiger partial charge in [-0.25, -0.2) is 4.98 Å². The molecular weight excluding hydrogens is 342 g/mol. The topological polar surface area (TPSA) is 82.2 Å². The Balaban J connectivity index is 1.57. The molecule has 0 unspecified atom stereocenters. The molecule has 27 heavy (non-hydrogen) atoms. The molecule has 0 spiro atoms. The van der Waals surface area contributed by atoms with Gasteiger partial charge >= 0.3 is 0 Å². The quantitative estimate of drug-likeness (QED) is 0.834. The number of fused-ring (bicyclic) bond motifs is 1. The summed E-state index contributed by atoms with van der Waals surface area (Å²) in [5.74, 6) is 0.0940.